The van der Waals surface area contributed by atoms with Crippen molar-refractivity contribution >= 4 is 22.8 Å². The number of amides is 2. The first-order valence-corrected chi connectivity index (χ1v) is 7.84. The number of nitrogens with zero attached hydrogens (tertiary/aromatic N) is 1. The summed E-state index contributed by atoms with van der Waals surface area (Å²) in [5.41, 5.74) is 7.02. The molecule has 1 aliphatic rings. The van der Waals surface area contributed by atoms with E-state index >= 15 is 0 Å². The number of rotatable bonds is 3. The van der Waals surface area contributed by atoms with Crippen LogP contribution in [0.5, 0.6) is 0 Å². The van der Waals surface area contributed by atoms with E-state index in [2.05, 4.69) is 5.32 Å². The molecule has 2 amide bonds. The lowest BCUT2D eigenvalue weighted by Gasteiger charge is -2.23. The fourth-order valence-electron chi connectivity index (χ4n) is 3.15. The van der Waals surface area contributed by atoms with E-state index in [1.807, 2.05) is 32.0 Å². The molecule has 1 saturated heterocycles. The van der Waals surface area contributed by atoms with Crippen molar-refractivity contribution in [3.8, 4) is 0 Å². The standard InChI is InChI=1S/C17H21N3O3/c1-3-19-16(21)14-8-12(18)9-20(14)17(22)13-6-4-5-11-7-10(2)23-15(11)13/h4-7,12,14H,3,8-9,18H2,1-2H3,(H,19,21)/t12-,14-/m0/s1. The molecule has 1 aromatic carbocycles. The highest BCUT2D eigenvalue weighted by atomic mass is 16.3. The zero-order valence-corrected chi connectivity index (χ0v) is 13.3. The first-order valence-electron chi connectivity index (χ1n) is 7.84. The van der Waals surface area contributed by atoms with Crippen molar-refractivity contribution in [3.05, 3.63) is 35.6 Å². The Morgan fingerprint density at radius 2 is 2.22 bits per heavy atom. The third-order valence-corrected chi connectivity index (χ3v) is 4.15. The van der Waals surface area contributed by atoms with Crippen LogP contribution in [0.2, 0.25) is 0 Å². The molecule has 2 heterocycles. The average molecular weight is 315 g/mol. The summed E-state index contributed by atoms with van der Waals surface area (Å²) < 4.78 is 5.67. The first kappa shape index (κ1) is 15.6. The van der Waals surface area contributed by atoms with Crippen LogP contribution in [-0.2, 0) is 4.79 Å². The second-order valence-electron chi connectivity index (χ2n) is 5.94. The number of benzene rings is 1. The molecular weight excluding hydrogens is 294 g/mol. The molecule has 6 nitrogen and oxygen atoms in total. The molecule has 0 radical (unpaired) electrons. The smallest absolute Gasteiger partial charge is 0.258 e. The highest BCUT2D eigenvalue weighted by Gasteiger charge is 2.38. The quantitative estimate of drug-likeness (QED) is 0.896. The first-order chi connectivity index (χ1) is 11.0. The zero-order chi connectivity index (χ0) is 16.6. The SMILES string of the molecule is CCNC(=O)[C@@H]1C[C@H](N)CN1C(=O)c1cccc2cc(C)oc12. The molecule has 0 bridgehead atoms. The van der Waals surface area contributed by atoms with Gasteiger partial charge in [0.2, 0.25) is 5.91 Å². The van der Waals surface area contributed by atoms with E-state index in [9.17, 15) is 9.59 Å². The molecule has 1 aliphatic heterocycles. The third-order valence-electron chi connectivity index (χ3n) is 4.15. The minimum absolute atomic E-state index is 0.156. The lowest BCUT2D eigenvalue weighted by Crippen LogP contribution is -2.46. The summed E-state index contributed by atoms with van der Waals surface area (Å²) in [6.07, 6.45) is 0.477. The van der Waals surface area contributed by atoms with Gasteiger partial charge in [0, 0.05) is 24.5 Å². The van der Waals surface area contributed by atoms with Crippen molar-refractivity contribution in [1.29, 1.82) is 0 Å². The minimum Gasteiger partial charge on any atom is -0.461 e. The normalized spacial score (nSPS) is 20.9. The number of nitrogens with one attached hydrogen (secondary N) is 1. The summed E-state index contributed by atoms with van der Waals surface area (Å²) in [6, 6.07) is 6.63. The maximum Gasteiger partial charge on any atom is 0.258 e. The third kappa shape index (κ3) is 2.82. The molecule has 3 N–H and O–H groups in total. The highest BCUT2D eigenvalue weighted by molar-refractivity contribution is 6.06. The second kappa shape index (κ2) is 6.04. The average Bonchev–Trinajstić information content (AvgIpc) is 3.08. The van der Waals surface area contributed by atoms with Crippen LogP contribution in [0.25, 0.3) is 11.0 Å². The molecular formula is C17H21N3O3. The molecule has 122 valence electrons. The lowest BCUT2D eigenvalue weighted by molar-refractivity contribution is -0.124. The van der Waals surface area contributed by atoms with Gasteiger partial charge in [-0.2, -0.15) is 0 Å². The minimum atomic E-state index is -0.524. The van der Waals surface area contributed by atoms with Crippen LogP contribution in [0.3, 0.4) is 0 Å². The Kier molecular flexibility index (Phi) is 4.09. The fraction of sp³-hybridized carbons (Fsp3) is 0.412. The number of hydrogen-bond acceptors (Lipinski definition) is 4. The largest absolute Gasteiger partial charge is 0.461 e. The molecule has 0 saturated carbocycles. The Morgan fingerprint density at radius 1 is 1.43 bits per heavy atom. The van der Waals surface area contributed by atoms with Crippen LogP contribution in [0, 0.1) is 6.92 Å². The Morgan fingerprint density at radius 3 is 2.96 bits per heavy atom. The van der Waals surface area contributed by atoms with E-state index in [0.29, 0.717) is 30.7 Å². The summed E-state index contributed by atoms with van der Waals surface area (Å²) in [6.45, 7) is 4.60. The Hall–Kier alpha value is -2.34. The number of likely N-dealkylation sites (tertiary alicyclic amines) is 1. The van der Waals surface area contributed by atoms with Crippen molar-refractivity contribution in [2.45, 2.75) is 32.4 Å². The van der Waals surface area contributed by atoms with Gasteiger partial charge in [0.15, 0.2) is 0 Å². The number of aryl methyl sites for hydroxylation is 1. The van der Waals surface area contributed by atoms with Gasteiger partial charge in [-0.25, -0.2) is 0 Å². The molecule has 0 aliphatic carbocycles. The van der Waals surface area contributed by atoms with Gasteiger partial charge in [-0.15, -0.1) is 0 Å². The van der Waals surface area contributed by atoms with E-state index in [0.717, 1.165) is 11.1 Å². The van der Waals surface area contributed by atoms with Crippen molar-refractivity contribution in [1.82, 2.24) is 10.2 Å². The van der Waals surface area contributed by atoms with Gasteiger partial charge in [0.1, 0.15) is 17.4 Å². The summed E-state index contributed by atoms with van der Waals surface area (Å²) in [5, 5.41) is 3.65. The van der Waals surface area contributed by atoms with Gasteiger partial charge < -0.3 is 20.4 Å². The molecule has 3 rings (SSSR count). The van der Waals surface area contributed by atoms with Crippen LogP contribution >= 0.6 is 0 Å². The predicted octanol–water partition coefficient (Wildman–Crippen LogP) is 1.42. The van der Waals surface area contributed by atoms with Gasteiger partial charge in [-0.3, -0.25) is 9.59 Å². The Balaban J connectivity index is 1.95. The maximum absolute atomic E-state index is 13.0. The Labute approximate surface area is 134 Å². The van der Waals surface area contributed by atoms with Gasteiger partial charge in [-0.1, -0.05) is 12.1 Å². The van der Waals surface area contributed by atoms with Crippen LogP contribution in [0.15, 0.2) is 28.7 Å². The van der Waals surface area contributed by atoms with Gasteiger partial charge in [0.05, 0.1) is 5.56 Å². The van der Waals surface area contributed by atoms with E-state index in [1.54, 1.807) is 11.0 Å². The zero-order valence-electron chi connectivity index (χ0n) is 13.3. The number of fused-ring (bicyclic) bond motifs is 1. The predicted molar refractivity (Wildman–Crippen MR) is 87.1 cm³/mol. The number of furan rings is 1. The van der Waals surface area contributed by atoms with E-state index < -0.39 is 6.04 Å². The number of carbonyl (C=O) groups is 2. The molecule has 23 heavy (non-hydrogen) atoms. The van der Waals surface area contributed by atoms with Gasteiger partial charge in [0.25, 0.3) is 5.91 Å². The monoisotopic (exact) mass is 315 g/mol. The maximum atomic E-state index is 13.0. The molecule has 0 unspecified atom stereocenters. The number of para-hydroxylation sites is 1. The van der Waals surface area contributed by atoms with Gasteiger partial charge in [-0.05, 0) is 32.4 Å². The summed E-state index contributed by atoms with van der Waals surface area (Å²) in [4.78, 5) is 26.7. The van der Waals surface area contributed by atoms with Crippen molar-refractivity contribution < 1.29 is 14.0 Å². The molecule has 2 aromatic rings. The summed E-state index contributed by atoms with van der Waals surface area (Å²) >= 11 is 0. The number of carbonyl (C=O) groups excluding carboxylic acids is 2. The molecule has 6 heteroatoms. The van der Waals surface area contributed by atoms with E-state index in [4.69, 9.17) is 10.2 Å². The van der Waals surface area contributed by atoms with E-state index in [1.165, 1.54) is 0 Å². The number of hydrogen-bond donors (Lipinski definition) is 2. The van der Waals surface area contributed by atoms with Crippen LogP contribution in [0.1, 0.15) is 29.5 Å². The van der Waals surface area contributed by atoms with E-state index in [-0.39, 0.29) is 17.9 Å². The lowest BCUT2D eigenvalue weighted by atomic mass is 10.1. The van der Waals surface area contributed by atoms with Gasteiger partial charge >= 0.3 is 0 Å². The van der Waals surface area contributed by atoms with Crippen LogP contribution in [0.4, 0.5) is 0 Å². The summed E-state index contributed by atoms with van der Waals surface area (Å²) in [7, 11) is 0. The topological polar surface area (TPSA) is 88.6 Å². The number of nitrogens with two attached hydrogens (primary N) is 1. The molecule has 0 spiro atoms. The molecule has 1 fully saturated rings. The van der Waals surface area contributed by atoms with Crippen molar-refractivity contribution in [3.63, 3.8) is 0 Å². The van der Waals surface area contributed by atoms with Crippen LogP contribution < -0.4 is 11.1 Å². The van der Waals surface area contributed by atoms with Crippen molar-refractivity contribution in [2.24, 2.45) is 5.73 Å². The molecule has 1 aromatic heterocycles. The molecule has 2 atom stereocenters. The highest BCUT2D eigenvalue weighted by Crippen LogP contribution is 2.26. The van der Waals surface area contributed by atoms with Crippen molar-refractivity contribution in [2.75, 3.05) is 13.1 Å². The summed E-state index contributed by atoms with van der Waals surface area (Å²) in [5.74, 6) is 0.379. The van der Waals surface area contributed by atoms with Crippen LogP contribution in [-0.4, -0.2) is 41.9 Å². The Bertz CT molecular complexity index is 753. The number of likely N-dealkylation sites (N-methyl/N-ethyl adjacent to an activating group) is 1. The second-order valence-corrected chi connectivity index (χ2v) is 5.94. The fourth-order valence-corrected chi connectivity index (χ4v) is 3.15.